The molecule has 0 amide bonds. The van der Waals surface area contributed by atoms with Crippen molar-refractivity contribution in [3.8, 4) is 0 Å². The van der Waals surface area contributed by atoms with E-state index in [0.29, 0.717) is 10.6 Å². The fourth-order valence-electron chi connectivity index (χ4n) is 0.979. The number of benzene rings is 1. The molecule has 0 aliphatic carbocycles. The molecule has 88 valence electrons. The van der Waals surface area contributed by atoms with Crippen LogP contribution >= 0.6 is 23.2 Å². The highest BCUT2D eigenvalue weighted by molar-refractivity contribution is 7.89. The van der Waals surface area contributed by atoms with Crippen molar-refractivity contribution in [3.63, 3.8) is 0 Å². The van der Waals surface area contributed by atoms with Crippen LogP contribution in [-0.4, -0.2) is 15.0 Å². The maximum Gasteiger partial charge on any atom is 0.242 e. The van der Waals surface area contributed by atoms with Crippen LogP contribution in [0.1, 0.15) is 6.92 Å². The van der Waals surface area contributed by atoms with E-state index in [1.54, 1.807) is 6.92 Å². The highest BCUT2D eigenvalue weighted by Gasteiger charge is 2.17. The first-order chi connectivity index (χ1) is 7.33. The molecule has 16 heavy (non-hydrogen) atoms. The van der Waals surface area contributed by atoms with Crippen LogP contribution in [0.5, 0.6) is 0 Å². The Bertz CT molecular complexity index is 512. The second-order valence-corrected chi connectivity index (χ2v) is 5.94. The van der Waals surface area contributed by atoms with Gasteiger partial charge in [0.05, 0.1) is 5.02 Å². The summed E-state index contributed by atoms with van der Waals surface area (Å²) in [6.45, 7) is 5.50. The van der Waals surface area contributed by atoms with E-state index in [-0.39, 0.29) is 16.5 Å². The Balaban J connectivity index is 3.07. The first kappa shape index (κ1) is 13.5. The third kappa shape index (κ3) is 3.49. The van der Waals surface area contributed by atoms with Gasteiger partial charge in [0.2, 0.25) is 10.0 Å². The summed E-state index contributed by atoms with van der Waals surface area (Å²) in [5, 5.41) is 0.457. The Kier molecular flexibility index (Phi) is 4.38. The zero-order valence-corrected chi connectivity index (χ0v) is 11.0. The van der Waals surface area contributed by atoms with E-state index in [1.807, 2.05) is 0 Å². The SMILES string of the molecule is C=C(C)CNS(=O)(=O)c1cc(Cl)ccc1Cl. The number of sulfonamides is 1. The largest absolute Gasteiger partial charge is 0.242 e. The summed E-state index contributed by atoms with van der Waals surface area (Å²) in [4.78, 5) is -0.0251. The third-order valence-electron chi connectivity index (χ3n) is 1.75. The predicted molar refractivity (Wildman–Crippen MR) is 66.5 cm³/mol. The topological polar surface area (TPSA) is 46.2 Å². The van der Waals surface area contributed by atoms with Crippen LogP contribution in [0.2, 0.25) is 10.0 Å². The standard InChI is InChI=1S/C10H11Cl2NO2S/c1-7(2)6-13-16(14,15)10-5-8(11)3-4-9(10)12/h3-5,13H,1,6H2,2H3. The lowest BCUT2D eigenvalue weighted by Crippen LogP contribution is -2.25. The number of halogens is 2. The van der Waals surface area contributed by atoms with Gasteiger partial charge in [0.15, 0.2) is 0 Å². The molecule has 0 spiro atoms. The summed E-state index contributed by atoms with van der Waals surface area (Å²) in [6.07, 6.45) is 0. The lowest BCUT2D eigenvalue weighted by Gasteiger charge is -2.08. The molecule has 0 saturated carbocycles. The fraction of sp³-hybridized carbons (Fsp3) is 0.200. The van der Waals surface area contributed by atoms with Gasteiger partial charge in [-0.1, -0.05) is 35.4 Å². The summed E-state index contributed by atoms with van der Waals surface area (Å²) in [5.74, 6) is 0. The molecule has 1 N–H and O–H groups in total. The predicted octanol–water partition coefficient (Wildman–Crippen LogP) is 2.85. The summed E-state index contributed by atoms with van der Waals surface area (Å²) in [7, 11) is -3.64. The van der Waals surface area contributed by atoms with Gasteiger partial charge < -0.3 is 0 Å². The Hall–Kier alpha value is -0.550. The van der Waals surface area contributed by atoms with Gasteiger partial charge in [-0.15, -0.1) is 0 Å². The van der Waals surface area contributed by atoms with Gasteiger partial charge >= 0.3 is 0 Å². The summed E-state index contributed by atoms with van der Waals surface area (Å²) in [5.41, 5.74) is 0.710. The highest BCUT2D eigenvalue weighted by Crippen LogP contribution is 2.24. The van der Waals surface area contributed by atoms with Gasteiger partial charge in [0.1, 0.15) is 4.90 Å². The zero-order valence-electron chi connectivity index (χ0n) is 8.63. The van der Waals surface area contributed by atoms with Crippen molar-refractivity contribution in [2.45, 2.75) is 11.8 Å². The van der Waals surface area contributed by atoms with Crippen molar-refractivity contribution in [2.24, 2.45) is 0 Å². The average Bonchev–Trinajstić information content (AvgIpc) is 2.19. The molecule has 0 aliphatic rings. The Labute approximate surface area is 105 Å². The van der Waals surface area contributed by atoms with Crippen molar-refractivity contribution in [2.75, 3.05) is 6.54 Å². The third-order valence-corrected chi connectivity index (χ3v) is 3.86. The Morgan fingerprint density at radius 2 is 2.06 bits per heavy atom. The van der Waals surface area contributed by atoms with E-state index in [1.165, 1.54) is 18.2 Å². The van der Waals surface area contributed by atoms with Crippen LogP contribution in [-0.2, 0) is 10.0 Å². The molecule has 1 aromatic carbocycles. The van der Waals surface area contributed by atoms with Crippen molar-refractivity contribution < 1.29 is 8.42 Å². The molecular weight excluding hydrogens is 269 g/mol. The van der Waals surface area contributed by atoms with E-state index in [0.717, 1.165) is 0 Å². The van der Waals surface area contributed by atoms with Crippen LogP contribution in [0, 0.1) is 0 Å². The van der Waals surface area contributed by atoms with Crippen molar-refractivity contribution >= 4 is 33.2 Å². The van der Waals surface area contributed by atoms with Crippen molar-refractivity contribution in [1.82, 2.24) is 4.72 Å². The van der Waals surface area contributed by atoms with Gasteiger partial charge in [-0.3, -0.25) is 0 Å². The summed E-state index contributed by atoms with van der Waals surface area (Å²) < 4.78 is 26.0. The van der Waals surface area contributed by atoms with Gasteiger partial charge in [-0.25, -0.2) is 13.1 Å². The Morgan fingerprint density at radius 1 is 1.44 bits per heavy atom. The molecule has 6 heteroatoms. The lowest BCUT2D eigenvalue weighted by molar-refractivity contribution is 0.585. The number of nitrogens with one attached hydrogen (secondary N) is 1. The van der Waals surface area contributed by atoms with E-state index in [9.17, 15) is 8.42 Å². The average molecular weight is 280 g/mol. The minimum atomic E-state index is -3.64. The monoisotopic (exact) mass is 279 g/mol. The lowest BCUT2D eigenvalue weighted by atomic mass is 10.4. The van der Waals surface area contributed by atoms with Crippen LogP contribution in [0.3, 0.4) is 0 Å². The molecule has 0 aliphatic heterocycles. The number of rotatable bonds is 4. The van der Waals surface area contributed by atoms with Gasteiger partial charge in [-0.2, -0.15) is 0 Å². The molecule has 3 nitrogen and oxygen atoms in total. The molecule has 0 saturated heterocycles. The van der Waals surface area contributed by atoms with Gasteiger partial charge in [0, 0.05) is 11.6 Å². The number of hydrogen-bond acceptors (Lipinski definition) is 2. The fourth-order valence-corrected chi connectivity index (χ4v) is 2.84. The van der Waals surface area contributed by atoms with Gasteiger partial charge in [-0.05, 0) is 25.1 Å². The molecule has 0 bridgehead atoms. The highest BCUT2D eigenvalue weighted by atomic mass is 35.5. The normalized spacial score (nSPS) is 11.4. The molecule has 1 aromatic rings. The first-order valence-electron chi connectivity index (χ1n) is 4.42. The van der Waals surface area contributed by atoms with Crippen molar-refractivity contribution in [1.29, 1.82) is 0 Å². The quantitative estimate of drug-likeness (QED) is 0.862. The minimum Gasteiger partial charge on any atom is -0.207 e. The van der Waals surface area contributed by atoms with Crippen LogP contribution < -0.4 is 4.72 Å². The number of hydrogen-bond donors (Lipinski definition) is 1. The summed E-state index contributed by atoms with van der Waals surface area (Å²) >= 11 is 11.5. The van der Waals surface area contributed by atoms with E-state index in [2.05, 4.69) is 11.3 Å². The van der Waals surface area contributed by atoms with Crippen LogP contribution in [0.4, 0.5) is 0 Å². The van der Waals surface area contributed by atoms with Gasteiger partial charge in [0.25, 0.3) is 0 Å². The first-order valence-corrected chi connectivity index (χ1v) is 6.66. The zero-order chi connectivity index (χ0) is 12.3. The molecule has 1 rings (SSSR count). The van der Waals surface area contributed by atoms with Crippen molar-refractivity contribution in [3.05, 3.63) is 40.4 Å². The molecule has 0 heterocycles. The van der Waals surface area contributed by atoms with E-state index in [4.69, 9.17) is 23.2 Å². The second kappa shape index (κ2) is 5.19. The molecule has 0 radical (unpaired) electrons. The van der Waals surface area contributed by atoms with Crippen LogP contribution in [0.15, 0.2) is 35.2 Å². The molecular formula is C10H11Cl2NO2S. The van der Waals surface area contributed by atoms with E-state index < -0.39 is 10.0 Å². The van der Waals surface area contributed by atoms with Crippen LogP contribution in [0.25, 0.3) is 0 Å². The molecule has 0 fully saturated rings. The Morgan fingerprint density at radius 3 is 2.62 bits per heavy atom. The second-order valence-electron chi connectivity index (χ2n) is 3.36. The molecule has 0 atom stereocenters. The maximum absolute atomic E-state index is 11.8. The molecule has 0 unspecified atom stereocenters. The molecule has 0 aromatic heterocycles. The summed E-state index contributed by atoms with van der Waals surface area (Å²) in [6, 6.07) is 4.28. The minimum absolute atomic E-state index is 0.0251. The van der Waals surface area contributed by atoms with E-state index >= 15 is 0 Å². The maximum atomic E-state index is 11.8. The smallest absolute Gasteiger partial charge is 0.207 e.